The Morgan fingerprint density at radius 3 is 2.68 bits per heavy atom. The summed E-state index contributed by atoms with van der Waals surface area (Å²) in [7, 11) is 0. The van der Waals surface area contributed by atoms with Crippen LogP contribution in [0.5, 0.6) is 0 Å². The SMILES string of the molecule is [N-]=[N+]=NCCC(O)C(O)c1ccc2nccnc2c1. The van der Waals surface area contributed by atoms with E-state index in [2.05, 4.69) is 20.0 Å². The molecule has 7 heteroatoms. The zero-order chi connectivity index (χ0) is 13.7. The van der Waals surface area contributed by atoms with Crippen molar-refractivity contribution < 1.29 is 10.2 Å². The van der Waals surface area contributed by atoms with Crippen molar-refractivity contribution in [1.82, 2.24) is 9.97 Å². The Hall–Kier alpha value is -2.21. The van der Waals surface area contributed by atoms with E-state index < -0.39 is 12.2 Å². The Morgan fingerprint density at radius 1 is 1.21 bits per heavy atom. The molecule has 0 bridgehead atoms. The van der Waals surface area contributed by atoms with Gasteiger partial charge in [-0.2, -0.15) is 0 Å². The second-order valence-corrected chi connectivity index (χ2v) is 4.06. The van der Waals surface area contributed by atoms with Gasteiger partial charge in [-0.25, -0.2) is 0 Å². The van der Waals surface area contributed by atoms with E-state index in [1.54, 1.807) is 30.6 Å². The zero-order valence-electron chi connectivity index (χ0n) is 10.1. The molecule has 0 aliphatic carbocycles. The number of aliphatic hydroxyl groups excluding tert-OH is 2. The molecule has 0 amide bonds. The van der Waals surface area contributed by atoms with Crippen molar-refractivity contribution in [3.8, 4) is 0 Å². The molecule has 0 fully saturated rings. The van der Waals surface area contributed by atoms with Gasteiger partial charge in [-0.1, -0.05) is 11.2 Å². The summed E-state index contributed by atoms with van der Waals surface area (Å²) in [6.07, 6.45) is 1.33. The fourth-order valence-corrected chi connectivity index (χ4v) is 1.78. The molecule has 2 aromatic rings. The smallest absolute Gasteiger partial charge is 0.105 e. The molecule has 1 aromatic carbocycles. The standard InChI is InChI=1S/C12H13N5O2/c13-17-16-4-3-11(18)12(19)8-1-2-9-10(7-8)15-6-5-14-9/h1-2,5-7,11-12,18-19H,3-4H2. The summed E-state index contributed by atoms with van der Waals surface area (Å²) < 4.78 is 0. The van der Waals surface area contributed by atoms with Gasteiger partial charge >= 0.3 is 0 Å². The van der Waals surface area contributed by atoms with E-state index in [9.17, 15) is 10.2 Å². The number of hydrogen-bond donors (Lipinski definition) is 2. The number of aromatic nitrogens is 2. The summed E-state index contributed by atoms with van der Waals surface area (Å²) in [6, 6.07) is 5.11. The van der Waals surface area contributed by atoms with Gasteiger partial charge in [0.15, 0.2) is 0 Å². The van der Waals surface area contributed by atoms with Gasteiger partial charge in [0.25, 0.3) is 0 Å². The Balaban J connectivity index is 2.16. The second-order valence-electron chi connectivity index (χ2n) is 4.06. The Morgan fingerprint density at radius 2 is 1.95 bits per heavy atom. The monoisotopic (exact) mass is 259 g/mol. The first-order chi connectivity index (χ1) is 9.22. The summed E-state index contributed by atoms with van der Waals surface area (Å²) in [5.74, 6) is 0. The predicted molar refractivity (Wildman–Crippen MR) is 69.1 cm³/mol. The van der Waals surface area contributed by atoms with Gasteiger partial charge in [-0.05, 0) is 29.6 Å². The molecule has 2 atom stereocenters. The van der Waals surface area contributed by atoms with Crippen molar-refractivity contribution in [2.45, 2.75) is 18.6 Å². The molecule has 0 aliphatic rings. The summed E-state index contributed by atoms with van der Waals surface area (Å²) in [5, 5.41) is 23.1. The molecule has 19 heavy (non-hydrogen) atoms. The molecule has 7 nitrogen and oxygen atoms in total. The molecule has 1 aromatic heterocycles. The van der Waals surface area contributed by atoms with Crippen molar-refractivity contribution in [2.24, 2.45) is 5.11 Å². The number of nitrogens with zero attached hydrogens (tertiary/aromatic N) is 5. The van der Waals surface area contributed by atoms with Crippen molar-refractivity contribution in [3.63, 3.8) is 0 Å². The van der Waals surface area contributed by atoms with Gasteiger partial charge in [-0.3, -0.25) is 9.97 Å². The number of fused-ring (bicyclic) bond motifs is 1. The highest BCUT2D eigenvalue weighted by Crippen LogP contribution is 2.21. The number of hydrogen-bond acceptors (Lipinski definition) is 5. The molecule has 0 saturated heterocycles. The molecule has 98 valence electrons. The van der Waals surface area contributed by atoms with Crippen LogP contribution < -0.4 is 0 Å². The minimum atomic E-state index is -1.04. The summed E-state index contributed by atoms with van der Waals surface area (Å²) in [4.78, 5) is 10.9. The molecule has 2 N–H and O–H groups in total. The van der Waals surface area contributed by atoms with Crippen molar-refractivity contribution in [1.29, 1.82) is 0 Å². The zero-order valence-corrected chi connectivity index (χ0v) is 10.1. The molecule has 0 spiro atoms. The Labute approximate surface area is 109 Å². The van der Waals surface area contributed by atoms with Crippen LogP contribution in [0.2, 0.25) is 0 Å². The van der Waals surface area contributed by atoms with E-state index in [4.69, 9.17) is 5.53 Å². The summed E-state index contributed by atoms with van der Waals surface area (Å²) in [6.45, 7) is 0.141. The summed E-state index contributed by atoms with van der Waals surface area (Å²) in [5.41, 5.74) is 10.1. The molecular weight excluding hydrogens is 246 g/mol. The van der Waals surface area contributed by atoms with Gasteiger partial charge in [0.05, 0.1) is 17.1 Å². The third-order valence-electron chi connectivity index (χ3n) is 2.79. The van der Waals surface area contributed by atoms with Crippen LogP contribution in [0.3, 0.4) is 0 Å². The average molecular weight is 259 g/mol. The van der Waals surface area contributed by atoms with Crippen LogP contribution >= 0.6 is 0 Å². The van der Waals surface area contributed by atoms with Gasteiger partial charge in [-0.15, -0.1) is 0 Å². The van der Waals surface area contributed by atoms with Gasteiger partial charge in [0.1, 0.15) is 6.10 Å². The lowest BCUT2D eigenvalue weighted by atomic mass is 10.0. The van der Waals surface area contributed by atoms with Crippen LogP contribution in [0.4, 0.5) is 0 Å². The van der Waals surface area contributed by atoms with E-state index in [1.165, 1.54) is 0 Å². The Bertz CT molecular complexity index is 612. The Kier molecular flexibility index (Phi) is 4.25. The van der Waals surface area contributed by atoms with Gasteiger partial charge in [0.2, 0.25) is 0 Å². The number of azide groups is 1. The average Bonchev–Trinajstić information content (AvgIpc) is 2.46. The van der Waals surface area contributed by atoms with Crippen LogP contribution in [-0.4, -0.2) is 32.8 Å². The first-order valence-electron chi connectivity index (χ1n) is 5.80. The van der Waals surface area contributed by atoms with Crippen molar-refractivity contribution in [2.75, 3.05) is 6.54 Å². The maximum atomic E-state index is 10.0. The number of rotatable bonds is 5. The molecule has 1 heterocycles. The van der Waals surface area contributed by atoms with E-state index in [0.717, 1.165) is 5.52 Å². The highest BCUT2D eigenvalue weighted by Gasteiger charge is 2.18. The third-order valence-corrected chi connectivity index (χ3v) is 2.79. The molecule has 0 radical (unpaired) electrons. The largest absolute Gasteiger partial charge is 0.390 e. The molecular formula is C12H13N5O2. The van der Waals surface area contributed by atoms with Gasteiger partial charge < -0.3 is 10.2 Å². The lowest BCUT2D eigenvalue weighted by Gasteiger charge is -2.17. The highest BCUT2D eigenvalue weighted by molar-refractivity contribution is 5.74. The molecule has 2 rings (SSSR count). The van der Waals surface area contributed by atoms with Crippen LogP contribution in [0.15, 0.2) is 35.7 Å². The quantitative estimate of drug-likeness (QED) is 0.483. The van der Waals surface area contributed by atoms with E-state index >= 15 is 0 Å². The first-order valence-corrected chi connectivity index (χ1v) is 5.80. The van der Waals surface area contributed by atoms with Crippen LogP contribution in [0, 0.1) is 0 Å². The normalized spacial score (nSPS) is 13.8. The first kappa shape index (κ1) is 13.2. The molecule has 0 saturated carbocycles. The maximum absolute atomic E-state index is 10.0. The van der Waals surface area contributed by atoms with Crippen LogP contribution in [-0.2, 0) is 0 Å². The van der Waals surface area contributed by atoms with E-state index in [1.807, 2.05) is 0 Å². The number of aliphatic hydroxyl groups is 2. The van der Waals surface area contributed by atoms with Crippen LogP contribution in [0.25, 0.3) is 21.5 Å². The maximum Gasteiger partial charge on any atom is 0.105 e. The van der Waals surface area contributed by atoms with E-state index in [0.29, 0.717) is 11.1 Å². The fraction of sp³-hybridized carbons (Fsp3) is 0.333. The number of benzene rings is 1. The second kappa shape index (κ2) is 6.10. The third kappa shape index (κ3) is 3.17. The van der Waals surface area contributed by atoms with E-state index in [-0.39, 0.29) is 13.0 Å². The minimum absolute atomic E-state index is 0.141. The minimum Gasteiger partial charge on any atom is -0.390 e. The van der Waals surface area contributed by atoms with Crippen molar-refractivity contribution >= 4 is 11.0 Å². The summed E-state index contributed by atoms with van der Waals surface area (Å²) >= 11 is 0. The lowest BCUT2D eigenvalue weighted by molar-refractivity contribution is 0.0151. The predicted octanol–water partition coefficient (Wildman–Crippen LogP) is 1.72. The topological polar surface area (TPSA) is 115 Å². The van der Waals surface area contributed by atoms with Crippen molar-refractivity contribution in [3.05, 3.63) is 46.6 Å². The molecule has 0 aliphatic heterocycles. The highest BCUT2D eigenvalue weighted by atomic mass is 16.3. The van der Waals surface area contributed by atoms with Crippen LogP contribution in [0.1, 0.15) is 18.1 Å². The lowest BCUT2D eigenvalue weighted by Crippen LogP contribution is -2.19. The fourth-order valence-electron chi connectivity index (χ4n) is 1.78. The van der Waals surface area contributed by atoms with Gasteiger partial charge in [0, 0.05) is 23.9 Å². The molecule has 2 unspecified atom stereocenters.